The summed E-state index contributed by atoms with van der Waals surface area (Å²) in [5.41, 5.74) is 5.59. The molecular weight excluding hydrogens is 570 g/mol. The zero-order valence-electron chi connectivity index (χ0n) is 28.3. The van der Waals surface area contributed by atoms with Crippen LogP contribution in [0.3, 0.4) is 0 Å². The highest BCUT2D eigenvalue weighted by atomic mass is 32.2. The van der Waals surface area contributed by atoms with Gasteiger partial charge in [0.25, 0.3) is 0 Å². The molecule has 2 aromatic carbocycles. The van der Waals surface area contributed by atoms with Gasteiger partial charge in [0, 0.05) is 63.0 Å². The van der Waals surface area contributed by atoms with Crippen molar-refractivity contribution in [2.45, 2.75) is 64.9 Å². The second-order valence-corrected chi connectivity index (χ2v) is 13.2. The summed E-state index contributed by atoms with van der Waals surface area (Å²) >= 11 is 1.65. The molecule has 0 aromatic heterocycles. The molecule has 0 spiro atoms. The summed E-state index contributed by atoms with van der Waals surface area (Å²) in [6.07, 6.45) is 4.43. The Bertz CT molecular complexity index is 1100. The van der Waals surface area contributed by atoms with Crippen molar-refractivity contribution >= 4 is 17.9 Å². The van der Waals surface area contributed by atoms with Crippen LogP contribution >= 0.6 is 11.9 Å². The lowest BCUT2D eigenvalue weighted by molar-refractivity contribution is -0.132. The van der Waals surface area contributed by atoms with Crippen LogP contribution in [0.15, 0.2) is 65.7 Å². The number of hydrogen-bond acceptors (Lipinski definition) is 8. The lowest BCUT2D eigenvalue weighted by Crippen LogP contribution is -2.56. The number of nitrogens with one attached hydrogen (secondary N) is 2. The third-order valence-electron chi connectivity index (χ3n) is 7.70. The predicted octanol–water partition coefficient (Wildman–Crippen LogP) is 6.13. The van der Waals surface area contributed by atoms with Gasteiger partial charge in [0.1, 0.15) is 0 Å². The Balaban J connectivity index is 0.000000755. The molecule has 0 saturated carbocycles. The molecule has 1 fully saturated rings. The number of nitrogens with zero attached hydrogens (tertiary/aromatic N) is 3. The minimum atomic E-state index is -0.351. The Kier molecular flexibility index (Phi) is 17.1. The van der Waals surface area contributed by atoms with Crippen LogP contribution in [-0.2, 0) is 16.1 Å². The number of amides is 1. The molecule has 2 aliphatic rings. The molecule has 2 heterocycles. The maximum absolute atomic E-state index is 11.5. The number of carbonyl (C=O) groups excluding carboxylic acids is 1. The van der Waals surface area contributed by atoms with Gasteiger partial charge < -0.3 is 14.4 Å². The minimum absolute atomic E-state index is 0.0859. The topological polar surface area (TPSA) is 80.3 Å². The maximum Gasteiger partial charge on any atom is 0.250 e. The fourth-order valence-corrected chi connectivity index (χ4v) is 6.14. The number of hydroxylamine groups is 1. The van der Waals surface area contributed by atoms with E-state index in [4.69, 9.17) is 9.94 Å². The van der Waals surface area contributed by atoms with Crippen LogP contribution in [-0.4, -0.2) is 90.8 Å². The third-order valence-corrected chi connectivity index (χ3v) is 8.72. The first-order valence-electron chi connectivity index (χ1n) is 16.0. The number of methoxy groups -OCH3 is 1. The summed E-state index contributed by atoms with van der Waals surface area (Å²) in [4.78, 5) is 17.8. The Hall–Kier alpha value is -2.40. The minimum Gasteiger partial charge on any atom is -0.383 e. The maximum atomic E-state index is 11.5. The Morgan fingerprint density at radius 3 is 2.05 bits per heavy atom. The van der Waals surface area contributed by atoms with Crippen molar-refractivity contribution in [3.8, 4) is 11.1 Å². The van der Waals surface area contributed by atoms with Crippen LogP contribution in [0.25, 0.3) is 11.1 Å². The van der Waals surface area contributed by atoms with E-state index in [0.29, 0.717) is 6.42 Å². The Morgan fingerprint density at radius 1 is 1.00 bits per heavy atom. The number of carbonyl (C=O) groups is 1. The first kappa shape index (κ1) is 37.8. The number of rotatable bonds is 11. The van der Waals surface area contributed by atoms with Gasteiger partial charge >= 0.3 is 0 Å². The van der Waals surface area contributed by atoms with Crippen molar-refractivity contribution in [2.75, 3.05) is 60.0 Å². The first-order chi connectivity index (χ1) is 21.1. The Morgan fingerprint density at radius 2 is 1.59 bits per heavy atom. The highest BCUT2D eigenvalue weighted by molar-refractivity contribution is 7.97. The van der Waals surface area contributed by atoms with Crippen molar-refractivity contribution in [3.63, 3.8) is 0 Å². The van der Waals surface area contributed by atoms with E-state index in [9.17, 15) is 4.79 Å². The fourth-order valence-electron chi connectivity index (χ4n) is 5.28. The standard InChI is InChI=1S/C28H38N4O3S.C5H13N.C2H6/c1-28(2,21-35-3)31-18-16-30(17-19-31)20-22-4-6-23(7-5-22)24-8-10-26(11-9-24)36-32-14-12-25(13-15-32)27(33)29-34;1-5(2)4-6-3;1-2/h4-12,14,25,34H,13,15-21H2,1-3H3,(H,29,33);5-6H,4H2,1-3H3;1-2H3. The number of ether oxygens (including phenoxy) is 1. The molecule has 1 unspecified atom stereocenters. The SMILES string of the molecule is CC.CNCC(C)C.COCC(C)(C)N1CCN(Cc2ccc(-c3ccc(SN4C=CC(C(=O)NO)CC4)cc3)cc2)CC1. The summed E-state index contributed by atoms with van der Waals surface area (Å²) in [5, 5.41) is 11.9. The second-order valence-electron chi connectivity index (χ2n) is 12.1. The van der Waals surface area contributed by atoms with Crippen molar-refractivity contribution in [3.05, 3.63) is 66.4 Å². The van der Waals surface area contributed by atoms with Gasteiger partial charge in [0.05, 0.1) is 12.5 Å². The molecule has 1 saturated heterocycles. The molecule has 2 aliphatic heterocycles. The van der Waals surface area contributed by atoms with E-state index in [-0.39, 0.29) is 17.4 Å². The first-order valence-corrected chi connectivity index (χ1v) is 16.8. The molecular formula is C35H57N5O3S. The van der Waals surface area contributed by atoms with Gasteiger partial charge in [-0.3, -0.25) is 19.8 Å². The number of benzene rings is 2. The van der Waals surface area contributed by atoms with E-state index in [1.165, 1.54) is 16.7 Å². The molecule has 4 rings (SSSR count). The largest absolute Gasteiger partial charge is 0.383 e. The molecule has 2 aromatic rings. The van der Waals surface area contributed by atoms with E-state index < -0.39 is 0 Å². The van der Waals surface area contributed by atoms with Crippen LogP contribution in [0.4, 0.5) is 0 Å². The molecule has 1 atom stereocenters. The van der Waals surface area contributed by atoms with Gasteiger partial charge in [0.15, 0.2) is 0 Å². The monoisotopic (exact) mass is 627 g/mol. The predicted molar refractivity (Wildman–Crippen MR) is 185 cm³/mol. The van der Waals surface area contributed by atoms with Crippen molar-refractivity contribution in [1.82, 2.24) is 24.9 Å². The quantitative estimate of drug-likeness (QED) is 0.156. The van der Waals surface area contributed by atoms with E-state index in [1.807, 2.05) is 33.2 Å². The molecule has 0 bridgehead atoms. The van der Waals surface area contributed by atoms with Crippen LogP contribution in [0.2, 0.25) is 0 Å². The zero-order valence-corrected chi connectivity index (χ0v) is 29.1. The van der Waals surface area contributed by atoms with Crippen molar-refractivity contribution in [1.29, 1.82) is 0 Å². The van der Waals surface area contributed by atoms with Crippen molar-refractivity contribution in [2.24, 2.45) is 11.8 Å². The van der Waals surface area contributed by atoms with Crippen LogP contribution in [0, 0.1) is 11.8 Å². The molecule has 3 N–H and O–H groups in total. The van der Waals surface area contributed by atoms with E-state index in [0.717, 1.165) is 63.2 Å². The Labute approximate surface area is 271 Å². The van der Waals surface area contributed by atoms with Crippen LogP contribution in [0.5, 0.6) is 0 Å². The van der Waals surface area contributed by atoms with Crippen LogP contribution < -0.4 is 10.8 Å². The molecule has 8 nitrogen and oxygen atoms in total. The highest BCUT2D eigenvalue weighted by Gasteiger charge is 2.29. The van der Waals surface area contributed by atoms with E-state index in [1.54, 1.807) is 24.5 Å². The molecule has 0 aliphatic carbocycles. The van der Waals surface area contributed by atoms with E-state index >= 15 is 0 Å². The van der Waals surface area contributed by atoms with Gasteiger partial charge in [-0.05, 0) is 80.5 Å². The van der Waals surface area contributed by atoms with Crippen molar-refractivity contribution < 1.29 is 14.7 Å². The summed E-state index contributed by atoms with van der Waals surface area (Å²) in [6, 6.07) is 17.5. The molecule has 0 radical (unpaired) electrons. The highest BCUT2D eigenvalue weighted by Crippen LogP contribution is 2.30. The summed E-state index contributed by atoms with van der Waals surface area (Å²) in [7, 11) is 3.75. The smallest absolute Gasteiger partial charge is 0.250 e. The number of hydrogen-bond donors (Lipinski definition) is 3. The fraction of sp³-hybridized carbons (Fsp3) is 0.571. The summed E-state index contributed by atoms with van der Waals surface area (Å²) in [5.74, 6) is 0.167. The number of piperazine rings is 1. The van der Waals surface area contributed by atoms with Crippen LogP contribution in [0.1, 0.15) is 53.5 Å². The van der Waals surface area contributed by atoms with Gasteiger partial charge in [-0.25, -0.2) is 5.48 Å². The average molecular weight is 628 g/mol. The van der Waals surface area contributed by atoms with Gasteiger partial charge in [-0.1, -0.05) is 70.2 Å². The normalized spacial score (nSPS) is 17.4. The van der Waals surface area contributed by atoms with E-state index in [2.05, 4.69) is 95.6 Å². The summed E-state index contributed by atoms with van der Waals surface area (Å²) < 4.78 is 7.52. The summed E-state index contributed by atoms with van der Waals surface area (Å²) in [6.45, 7) is 20.8. The molecule has 44 heavy (non-hydrogen) atoms. The second kappa shape index (κ2) is 19.9. The molecule has 1 amide bonds. The lowest BCUT2D eigenvalue weighted by atomic mass is 10.0. The van der Waals surface area contributed by atoms with Gasteiger partial charge in [-0.15, -0.1) is 0 Å². The molecule has 246 valence electrons. The zero-order chi connectivity index (χ0) is 32.5. The van der Waals surface area contributed by atoms with Gasteiger partial charge in [-0.2, -0.15) is 0 Å². The van der Waals surface area contributed by atoms with Gasteiger partial charge in [0.2, 0.25) is 5.91 Å². The lowest BCUT2D eigenvalue weighted by Gasteiger charge is -2.43. The molecule has 9 heteroatoms. The third kappa shape index (κ3) is 12.5. The average Bonchev–Trinajstić information content (AvgIpc) is 3.03.